The van der Waals surface area contributed by atoms with Crippen LogP contribution in [0.25, 0.3) is 44.3 Å². The summed E-state index contributed by atoms with van der Waals surface area (Å²) in [6, 6.07) is 43.6. The Balaban J connectivity index is 1.58. The van der Waals surface area contributed by atoms with Crippen molar-refractivity contribution < 1.29 is 9.47 Å². The molecule has 0 unspecified atom stereocenters. The molecule has 0 saturated carbocycles. The second kappa shape index (κ2) is 10.2. The fourth-order valence-electron chi connectivity index (χ4n) is 4.78. The quantitative estimate of drug-likeness (QED) is 0.232. The molecular formula is C35H27NO2. The second-order valence-corrected chi connectivity index (χ2v) is 9.30. The topological polar surface area (TPSA) is 31.4 Å². The van der Waals surface area contributed by atoms with Crippen molar-refractivity contribution in [3.8, 4) is 50.9 Å². The number of hydrogen-bond acceptors (Lipinski definition) is 3. The first-order chi connectivity index (χ1) is 18.7. The van der Waals surface area contributed by atoms with Crippen LogP contribution in [0.5, 0.6) is 17.4 Å². The predicted octanol–water partition coefficient (Wildman–Crippen LogP) is 9.35. The Kier molecular flexibility index (Phi) is 6.33. The Morgan fingerprint density at radius 3 is 1.68 bits per heavy atom. The molecule has 0 spiro atoms. The lowest BCUT2D eigenvalue weighted by atomic mass is 9.94. The lowest BCUT2D eigenvalue weighted by Gasteiger charge is -2.15. The summed E-state index contributed by atoms with van der Waals surface area (Å²) in [5.41, 5.74) is 7.54. The molecule has 3 heteroatoms. The summed E-state index contributed by atoms with van der Waals surface area (Å²) in [4.78, 5) is 5.06. The Hall–Kier alpha value is -4.89. The first kappa shape index (κ1) is 23.5. The summed E-state index contributed by atoms with van der Waals surface area (Å²) in [5.74, 6) is 2.09. The number of nitrogens with zero attached hydrogens (tertiary/aromatic N) is 1. The maximum absolute atomic E-state index is 6.36. The van der Waals surface area contributed by atoms with Crippen molar-refractivity contribution in [1.29, 1.82) is 0 Å². The van der Waals surface area contributed by atoms with Crippen molar-refractivity contribution in [1.82, 2.24) is 4.98 Å². The molecule has 3 nitrogen and oxygen atoms in total. The minimum absolute atomic E-state index is 0.549. The number of methoxy groups -OCH3 is 1. The van der Waals surface area contributed by atoms with Gasteiger partial charge in [-0.25, -0.2) is 4.98 Å². The highest BCUT2D eigenvalue weighted by Crippen LogP contribution is 2.38. The minimum Gasteiger partial charge on any atom is -0.496 e. The predicted molar refractivity (Wildman–Crippen MR) is 156 cm³/mol. The fraction of sp³-hybridized carbons (Fsp3) is 0.0571. The number of fused-ring (bicyclic) bond motifs is 1. The molecule has 0 aliphatic heterocycles. The monoisotopic (exact) mass is 493 g/mol. The number of pyridine rings is 1. The van der Waals surface area contributed by atoms with Gasteiger partial charge in [0.2, 0.25) is 5.88 Å². The van der Waals surface area contributed by atoms with E-state index in [1.807, 2.05) is 48.5 Å². The van der Waals surface area contributed by atoms with Gasteiger partial charge in [0.1, 0.15) is 11.5 Å². The van der Waals surface area contributed by atoms with E-state index in [-0.39, 0.29) is 0 Å². The standard InChI is InChI=1S/C35H27NO2/c1-24-18-29-22-33(36-35(32(29)23-34(24)37-2)38-31-16-10-5-11-17-31)30-20-27(25-12-6-3-7-13-25)19-28(21-30)26-14-8-4-9-15-26/h3-23H,1-2H3. The van der Waals surface area contributed by atoms with Gasteiger partial charge in [-0.05, 0) is 88.7 Å². The molecule has 0 fully saturated rings. The van der Waals surface area contributed by atoms with E-state index in [1.165, 1.54) is 0 Å². The second-order valence-electron chi connectivity index (χ2n) is 9.30. The maximum atomic E-state index is 6.36. The third-order valence-electron chi connectivity index (χ3n) is 6.71. The Labute approximate surface area is 223 Å². The van der Waals surface area contributed by atoms with E-state index in [9.17, 15) is 0 Å². The van der Waals surface area contributed by atoms with Crippen LogP contribution in [0.15, 0.2) is 127 Å². The van der Waals surface area contributed by atoms with Crippen molar-refractivity contribution in [2.45, 2.75) is 6.92 Å². The van der Waals surface area contributed by atoms with Gasteiger partial charge in [-0.15, -0.1) is 0 Å². The largest absolute Gasteiger partial charge is 0.496 e. The molecule has 0 radical (unpaired) electrons. The van der Waals surface area contributed by atoms with Crippen LogP contribution in [0.3, 0.4) is 0 Å². The van der Waals surface area contributed by atoms with E-state index < -0.39 is 0 Å². The van der Waals surface area contributed by atoms with Gasteiger partial charge in [0.05, 0.1) is 12.8 Å². The van der Waals surface area contributed by atoms with E-state index >= 15 is 0 Å². The van der Waals surface area contributed by atoms with Crippen LogP contribution in [0, 0.1) is 6.92 Å². The lowest BCUT2D eigenvalue weighted by molar-refractivity contribution is 0.412. The fourth-order valence-corrected chi connectivity index (χ4v) is 4.78. The molecule has 0 N–H and O–H groups in total. The van der Waals surface area contributed by atoms with E-state index in [0.29, 0.717) is 5.88 Å². The van der Waals surface area contributed by atoms with E-state index in [4.69, 9.17) is 14.5 Å². The molecule has 6 aromatic rings. The maximum Gasteiger partial charge on any atom is 0.227 e. The van der Waals surface area contributed by atoms with Gasteiger partial charge >= 0.3 is 0 Å². The molecule has 0 aliphatic carbocycles. The number of aryl methyl sites for hydroxylation is 1. The number of aromatic nitrogens is 1. The smallest absolute Gasteiger partial charge is 0.227 e. The van der Waals surface area contributed by atoms with Gasteiger partial charge in [-0.3, -0.25) is 0 Å². The third-order valence-corrected chi connectivity index (χ3v) is 6.71. The zero-order chi connectivity index (χ0) is 25.9. The zero-order valence-electron chi connectivity index (χ0n) is 21.4. The van der Waals surface area contributed by atoms with Gasteiger partial charge in [-0.2, -0.15) is 0 Å². The Morgan fingerprint density at radius 1 is 0.553 bits per heavy atom. The summed E-state index contributed by atoms with van der Waals surface area (Å²) in [7, 11) is 1.69. The molecule has 0 amide bonds. The van der Waals surface area contributed by atoms with Gasteiger partial charge in [-0.1, -0.05) is 78.9 Å². The molecule has 6 rings (SSSR count). The van der Waals surface area contributed by atoms with Crippen LogP contribution < -0.4 is 9.47 Å². The highest BCUT2D eigenvalue weighted by atomic mass is 16.5. The molecule has 1 heterocycles. The molecular weight excluding hydrogens is 466 g/mol. The number of ether oxygens (including phenoxy) is 2. The van der Waals surface area contributed by atoms with Crippen molar-refractivity contribution >= 4 is 10.8 Å². The molecule has 184 valence electrons. The molecule has 0 aliphatic rings. The summed E-state index contributed by atoms with van der Waals surface area (Å²) >= 11 is 0. The van der Waals surface area contributed by atoms with Gasteiger partial charge < -0.3 is 9.47 Å². The van der Waals surface area contributed by atoms with Gasteiger partial charge in [0.25, 0.3) is 0 Å². The summed E-state index contributed by atoms with van der Waals surface area (Å²) in [6.07, 6.45) is 0. The van der Waals surface area contributed by atoms with Crippen LogP contribution in [-0.2, 0) is 0 Å². The number of hydrogen-bond donors (Lipinski definition) is 0. The highest BCUT2D eigenvalue weighted by molar-refractivity contribution is 5.93. The Morgan fingerprint density at radius 2 is 1.11 bits per heavy atom. The van der Waals surface area contributed by atoms with Crippen LogP contribution in [0.2, 0.25) is 0 Å². The first-order valence-corrected chi connectivity index (χ1v) is 12.7. The summed E-state index contributed by atoms with van der Waals surface area (Å²) in [5, 5.41) is 1.95. The average Bonchev–Trinajstić information content (AvgIpc) is 2.98. The van der Waals surface area contributed by atoms with Gasteiger partial charge in [0.15, 0.2) is 0 Å². The molecule has 1 aromatic heterocycles. The molecule has 0 bridgehead atoms. The van der Waals surface area contributed by atoms with Crippen molar-refractivity contribution in [2.24, 2.45) is 0 Å². The van der Waals surface area contributed by atoms with Crippen molar-refractivity contribution in [3.05, 3.63) is 133 Å². The average molecular weight is 494 g/mol. The molecule has 5 aromatic carbocycles. The molecule has 0 atom stereocenters. The molecule has 38 heavy (non-hydrogen) atoms. The van der Waals surface area contributed by atoms with Crippen molar-refractivity contribution in [3.63, 3.8) is 0 Å². The van der Waals surface area contributed by atoms with Crippen molar-refractivity contribution in [2.75, 3.05) is 7.11 Å². The van der Waals surface area contributed by atoms with E-state index in [0.717, 1.165) is 61.3 Å². The molecule has 0 saturated heterocycles. The number of benzene rings is 5. The lowest BCUT2D eigenvalue weighted by Crippen LogP contribution is -1.95. The van der Waals surface area contributed by atoms with Crippen LogP contribution in [0.1, 0.15) is 5.56 Å². The third kappa shape index (κ3) is 4.74. The first-order valence-electron chi connectivity index (χ1n) is 12.7. The highest BCUT2D eigenvalue weighted by Gasteiger charge is 2.15. The number of para-hydroxylation sites is 1. The SMILES string of the molecule is COc1cc2c(Oc3ccccc3)nc(-c3cc(-c4ccccc4)cc(-c4ccccc4)c3)cc2cc1C. The minimum atomic E-state index is 0.549. The summed E-state index contributed by atoms with van der Waals surface area (Å²) in [6.45, 7) is 2.06. The normalized spacial score (nSPS) is 10.9. The van der Waals surface area contributed by atoms with Crippen LogP contribution in [-0.4, -0.2) is 12.1 Å². The number of rotatable bonds is 6. The Bertz CT molecular complexity index is 1650. The van der Waals surface area contributed by atoms with E-state index in [1.54, 1.807) is 7.11 Å². The zero-order valence-corrected chi connectivity index (χ0v) is 21.4. The van der Waals surface area contributed by atoms with Crippen LogP contribution in [0.4, 0.5) is 0 Å². The van der Waals surface area contributed by atoms with E-state index in [2.05, 4.69) is 85.8 Å². The van der Waals surface area contributed by atoms with Gasteiger partial charge in [0, 0.05) is 10.9 Å². The summed E-state index contributed by atoms with van der Waals surface area (Å²) < 4.78 is 12.0. The van der Waals surface area contributed by atoms with Crippen LogP contribution >= 0.6 is 0 Å².